The maximum absolute atomic E-state index is 11.6. The van der Waals surface area contributed by atoms with Crippen molar-refractivity contribution in [3.8, 4) is 0 Å². The van der Waals surface area contributed by atoms with Gasteiger partial charge >= 0.3 is 0 Å². The fourth-order valence-corrected chi connectivity index (χ4v) is 1.26. The van der Waals surface area contributed by atoms with Gasteiger partial charge in [-0.2, -0.15) is 0 Å². The molecule has 1 rings (SSSR count). The van der Waals surface area contributed by atoms with Gasteiger partial charge in [-0.25, -0.2) is 4.68 Å². The summed E-state index contributed by atoms with van der Waals surface area (Å²) in [4.78, 5) is 11.6. The zero-order valence-electron chi connectivity index (χ0n) is 10.6. The molecule has 1 aromatic heterocycles. The summed E-state index contributed by atoms with van der Waals surface area (Å²) >= 11 is 0. The van der Waals surface area contributed by atoms with E-state index >= 15 is 0 Å². The van der Waals surface area contributed by atoms with Crippen LogP contribution in [0.25, 0.3) is 0 Å². The topological polar surface area (TPSA) is 80.0 Å². The maximum Gasteiger partial charge on any atom is 0.242 e. The molecule has 0 aliphatic carbocycles. The second-order valence-electron chi connectivity index (χ2n) is 4.48. The van der Waals surface area contributed by atoms with Crippen LogP contribution in [0.5, 0.6) is 0 Å². The molecule has 0 aliphatic rings. The second-order valence-corrected chi connectivity index (χ2v) is 4.48. The van der Waals surface area contributed by atoms with Crippen LogP contribution in [-0.2, 0) is 17.8 Å². The minimum atomic E-state index is -0.0772. The molecular weight excluding hydrogens is 220 g/mol. The van der Waals surface area contributed by atoms with E-state index < -0.39 is 0 Å². The molecule has 6 nitrogen and oxygen atoms in total. The maximum atomic E-state index is 11.6. The van der Waals surface area contributed by atoms with Crippen LogP contribution >= 0.6 is 0 Å². The summed E-state index contributed by atoms with van der Waals surface area (Å²) < 4.78 is 1.48. The molecular formula is C11H20N4O2. The molecule has 96 valence electrons. The molecule has 2 N–H and O–H groups in total. The first-order chi connectivity index (χ1) is 8.02. The summed E-state index contributed by atoms with van der Waals surface area (Å²) in [6.07, 6.45) is 2.14. The molecule has 0 spiro atoms. The minimum absolute atomic E-state index is 0.0370. The van der Waals surface area contributed by atoms with Crippen LogP contribution in [0.4, 0.5) is 0 Å². The lowest BCUT2D eigenvalue weighted by molar-refractivity contribution is -0.122. The Morgan fingerprint density at radius 1 is 1.53 bits per heavy atom. The van der Waals surface area contributed by atoms with E-state index in [1.54, 1.807) is 6.20 Å². The number of nitrogens with zero attached hydrogens (tertiary/aromatic N) is 3. The van der Waals surface area contributed by atoms with E-state index in [1.165, 1.54) is 4.68 Å². The van der Waals surface area contributed by atoms with Crippen LogP contribution in [0, 0.1) is 5.92 Å². The van der Waals surface area contributed by atoms with Gasteiger partial charge in [0.1, 0.15) is 6.54 Å². The lowest BCUT2D eigenvalue weighted by Crippen LogP contribution is -2.38. The average molecular weight is 240 g/mol. The van der Waals surface area contributed by atoms with Gasteiger partial charge in [0.15, 0.2) is 0 Å². The van der Waals surface area contributed by atoms with Gasteiger partial charge in [-0.05, 0) is 12.8 Å². The van der Waals surface area contributed by atoms with Gasteiger partial charge in [0.05, 0.1) is 5.69 Å². The van der Waals surface area contributed by atoms with Gasteiger partial charge in [-0.3, -0.25) is 4.79 Å². The van der Waals surface area contributed by atoms with Crippen LogP contribution < -0.4 is 5.32 Å². The van der Waals surface area contributed by atoms with Gasteiger partial charge in [0.25, 0.3) is 0 Å². The molecule has 0 fully saturated rings. The lowest BCUT2D eigenvalue weighted by atomic mass is 10.1. The molecule has 1 heterocycles. The van der Waals surface area contributed by atoms with E-state index in [-0.39, 0.29) is 25.1 Å². The van der Waals surface area contributed by atoms with Crippen molar-refractivity contribution < 1.29 is 9.90 Å². The third kappa shape index (κ3) is 4.52. The van der Waals surface area contributed by atoms with E-state index in [9.17, 15) is 4.79 Å². The van der Waals surface area contributed by atoms with Crippen molar-refractivity contribution in [1.82, 2.24) is 20.3 Å². The molecule has 0 bridgehead atoms. The Hall–Kier alpha value is -1.43. The Morgan fingerprint density at radius 3 is 2.82 bits per heavy atom. The fraction of sp³-hybridized carbons (Fsp3) is 0.727. The summed E-state index contributed by atoms with van der Waals surface area (Å²) in [5.74, 6) is 0.325. The van der Waals surface area contributed by atoms with Crippen molar-refractivity contribution in [3.05, 3.63) is 11.9 Å². The van der Waals surface area contributed by atoms with Crippen molar-refractivity contribution in [3.63, 3.8) is 0 Å². The standard InChI is InChI=1S/C11H20N4O2/c1-8(2)9(3)12-11(17)7-15-6-10(4-5-16)13-14-15/h6,8-9,16H,4-5,7H2,1-3H3,(H,12,17). The smallest absolute Gasteiger partial charge is 0.242 e. The van der Waals surface area contributed by atoms with E-state index in [1.807, 2.05) is 6.92 Å². The van der Waals surface area contributed by atoms with Gasteiger partial charge in [-0.1, -0.05) is 19.1 Å². The lowest BCUT2D eigenvalue weighted by Gasteiger charge is -2.17. The van der Waals surface area contributed by atoms with E-state index in [0.717, 1.165) is 0 Å². The van der Waals surface area contributed by atoms with E-state index in [0.29, 0.717) is 18.0 Å². The number of rotatable bonds is 6. The largest absolute Gasteiger partial charge is 0.396 e. The number of hydrogen-bond acceptors (Lipinski definition) is 4. The Labute approximate surface area is 101 Å². The predicted octanol–water partition coefficient (Wildman–Crippen LogP) is -0.0264. The van der Waals surface area contributed by atoms with E-state index in [2.05, 4.69) is 29.5 Å². The molecule has 0 aromatic carbocycles. The molecule has 6 heteroatoms. The number of hydrogen-bond donors (Lipinski definition) is 2. The predicted molar refractivity (Wildman–Crippen MR) is 63.3 cm³/mol. The van der Waals surface area contributed by atoms with Crippen LogP contribution in [0.3, 0.4) is 0 Å². The molecule has 1 amide bonds. The number of carbonyl (C=O) groups excluding carboxylic acids is 1. The molecule has 1 aromatic rings. The molecule has 1 atom stereocenters. The average Bonchev–Trinajstić information content (AvgIpc) is 2.65. The number of carbonyl (C=O) groups is 1. The Bertz CT molecular complexity index is 362. The van der Waals surface area contributed by atoms with Gasteiger partial charge < -0.3 is 10.4 Å². The van der Waals surface area contributed by atoms with Gasteiger partial charge in [-0.15, -0.1) is 5.10 Å². The Morgan fingerprint density at radius 2 is 2.24 bits per heavy atom. The summed E-state index contributed by atoms with van der Waals surface area (Å²) in [6, 6.07) is 0.142. The molecule has 0 saturated carbocycles. The Balaban J connectivity index is 2.44. The molecule has 0 saturated heterocycles. The first kappa shape index (κ1) is 13.6. The monoisotopic (exact) mass is 240 g/mol. The van der Waals surface area contributed by atoms with Crippen LogP contribution in [0.1, 0.15) is 26.5 Å². The highest BCUT2D eigenvalue weighted by atomic mass is 16.3. The molecule has 1 unspecified atom stereocenters. The molecule has 0 radical (unpaired) electrons. The quantitative estimate of drug-likeness (QED) is 0.732. The SMILES string of the molecule is CC(C)C(C)NC(=O)Cn1cc(CCO)nn1. The summed E-state index contributed by atoms with van der Waals surface area (Å²) in [5.41, 5.74) is 0.692. The number of nitrogens with one attached hydrogen (secondary N) is 1. The van der Waals surface area contributed by atoms with Gasteiger partial charge in [0.2, 0.25) is 5.91 Å². The summed E-state index contributed by atoms with van der Waals surface area (Å²) in [5, 5.41) is 19.3. The highest BCUT2D eigenvalue weighted by molar-refractivity contribution is 5.75. The first-order valence-electron chi connectivity index (χ1n) is 5.82. The van der Waals surface area contributed by atoms with Crippen LogP contribution in [0.2, 0.25) is 0 Å². The van der Waals surface area contributed by atoms with Crippen molar-refractivity contribution in [2.75, 3.05) is 6.61 Å². The van der Waals surface area contributed by atoms with Crippen molar-refractivity contribution in [2.45, 2.75) is 39.8 Å². The molecule has 0 aliphatic heterocycles. The second kappa shape index (κ2) is 6.34. The Kier molecular flexibility index (Phi) is 5.09. The summed E-state index contributed by atoms with van der Waals surface area (Å²) in [6.45, 7) is 6.28. The minimum Gasteiger partial charge on any atom is -0.396 e. The number of amides is 1. The number of aromatic nitrogens is 3. The zero-order chi connectivity index (χ0) is 12.8. The van der Waals surface area contributed by atoms with Crippen LogP contribution in [-0.4, -0.2) is 38.7 Å². The first-order valence-corrected chi connectivity index (χ1v) is 5.82. The normalized spacial score (nSPS) is 12.8. The fourth-order valence-electron chi connectivity index (χ4n) is 1.26. The van der Waals surface area contributed by atoms with Crippen molar-refractivity contribution in [2.24, 2.45) is 5.92 Å². The van der Waals surface area contributed by atoms with Crippen molar-refractivity contribution >= 4 is 5.91 Å². The highest BCUT2D eigenvalue weighted by Crippen LogP contribution is 2.00. The van der Waals surface area contributed by atoms with E-state index in [4.69, 9.17) is 5.11 Å². The van der Waals surface area contributed by atoms with Gasteiger partial charge in [0, 0.05) is 25.3 Å². The van der Waals surface area contributed by atoms with Crippen LogP contribution in [0.15, 0.2) is 6.20 Å². The zero-order valence-corrected chi connectivity index (χ0v) is 10.6. The number of aliphatic hydroxyl groups excluding tert-OH is 1. The molecule has 17 heavy (non-hydrogen) atoms. The number of aliphatic hydroxyl groups is 1. The highest BCUT2D eigenvalue weighted by Gasteiger charge is 2.11. The third-order valence-electron chi connectivity index (χ3n) is 2.65. The van der Waals surface area contributed by atoms with Crippen molar-refractivity contribution in [1.29, 1.82) is 0 Å². The third-order valence-corrected chi connectivity index (χ3v) is 2.65. The summed E-state index contributed by atoms with van der Waals surface area (Å²) in [7, 11) is 0.